The lowest BCUT2D eigenvalue weighted by Gasteiger charge is -2.32. The van der Waals surface area contributed by atoms with E-state index in [4.69, 9.17) is 4.74 Å². The average molecular weight is 200 g/mol. The molecule has 0 bridgehead atoms. The van der Waals surface area contributed by atoms with Crippen LogP contribution in [0.5, 0.6) is 5.75 Å². The van der Waals surface area contributed by atoms with Gasteiger partial charge < -0.3 is 4.74 Å². The highest BCUT2D eigenvalue weighted by Gasteiger charge is 2.84. The lowest BCUT2D eigenvalue weighted by atomic mass is 9.72. The molecule has 1 aromatic rings. The van der Waals surface area contributed by atoms with Crippen molar-refractivity contribution in [3.05, 3.63) is 29.8 Å². The molecule has 0 aromatic heterocycles. The molecule has 2 atom stereocenters. The number of fused-ring (bicyclic) bond motifs is 2. The maximum atomic E-state index is 5.21. The Morgan fingerprint density at radius 1 is 1.20 bits per heavy atom. The third-order valence-electron chi connectivity index (χ3n) is 5.00. The first-order valence-electron chi connectivity index (χ1n) is 6.02. The van der Waals surface area contributed by atoms with Crippen molar-refractivity contribution in [1.29, 1.82) is 0 Å². The molecule has 0 aliphatic heterocycles. The molecule has 1 nitrogen and oxygen atoms in total. The Morgan fingerprint density at radius 2 is 1.93 bits per heavy atom. The van der Waals surface area contributed by atoms with Gasteiger partial charge in [-0.1, -0.05) is 18.6 Å². The predicted molar refractivity (Wildman–Crippen MR) is 59.0 cm³/mol. The minimum absolute atomic E-state index is 0.634. The van der Waals surface area contributed by atoms with Crippen LogP contribution < -0.4 is 4.74 Å². The Morgan fingerprint density at radius 3 is 2.53 bits per heavy atom. The standard InChI is InChI=1S/C14H16O/c1-15-10-6-4-9(5-7-10)14-8-2-3-11-12(14)13(11)14/h4-7,11-13H,2-3,8H2,1H3. The summed E-state index contributed by atoms with van der Waals surface area (Å²) in [6.45, 7) is 0. The normalized spacial score (nSPS) is 44.5. The molecule has 0 heterocycles. The number of ether oxygens (including phenoxy) is 1. The summed E-state index contributed by atoms with van der Waals surface area (Å²) in [6.07, 6.45) is 4.39. The van der Waals surface area contributed by atoms with Gasteiger partial charge in [0.25, 0.3) is 0 Å². The lowest BCUT2D eigenvalue weighted by Crippen LogP contribution is -2.26. The smallest absolute Gasteiger partial charge is 0.118 e. The Bertz CT molecular complexity index is 396. The molecule has 3 fully saturated rings. The van der Waals surface area contributed by atoms with Crippen LogP contribution in [0.15, 0.2) is 24.3 Å². The van der Waals surface area contributed by atoms with Crippen LogP contribution in [0.2, 0.25) is 0 Å². The van der Waals surface area contributed by atoms with Crippen molar-refractivity contribution in [3.63, 3.8) is 0 Å². The van der Waals surface area contributed by atoms with Crippen LogP contribution >= 0.6 is 0 Å². The van der Waals surface area contributed by atoms with Crippen LogP contribution in [-0.2, 0) is 5.41 Å². The van der Waals surface area contributed by atoms with Crippen LogP contribution in [0.1, 0.15) is 24.8 Å². The summed E-state index contributed by atoms with van der Waals surface area (Å²) in [5.74, 6) is 4.23. The Balaban J connectivity index is 1.67. The molecule has 0 saturated heterocycles. The molecular formula is C14H16O. The van der Waals surface area contributed by atoms with Crippen molar-refractivity contribution in [2.24, 2.45) is 17.8 Å². The number of hydrogen-bond donors (Lipinski definition) is 0. The SMILES string of the molecule is COc1ccc(C23CCCC4C2C43)cc1. The fourth-order valence-electron chi connectivity index (χ4n) is 4.27. The van der Waals surface area contributed by atoms with E-state index >= 15 is 0 Å². The van der Waals surface area contributed by atoms with Crippen LogP contribution in [0.4, 0.5) is 0 Å². The van der Waals surface area contributed by atoms with Gasteiger partial charge in [0.15, 0.2) is 0 Å². The second-order valence-electron chi connectivity index (χ2n) is 5.38. The molecule has 0 radical (unpaired) electrons. The fraction of sp³-hybridized carbons (Fsp3) is 0.571. The van der Waals surface area contributed by atoms with Crippen molar-refractivity contribution in [3.8, 4) is 5.75 Å². The second-order valence-corrected chi connectivity index (χ2v) is 5.38. The monoisotopic (exact) mass is 200 g/mol. The highest BCUT2D eigenvalue weighted by molar-refractivity contribution is 5.48. The van der Waals surface area contributed by atoms with Gasteiger partial charge in [-0.25, -0.2) is 0 Å². The van der Waals surface area contributed by atoms with Crippen molar-refractivity contribution in [2.45, 2.75) is 24.7 Å². The van der Waals surface area contributed by atoms with E-state index < -0.39 is 0 Å². The second kappa shape index (κ2) is 2.40. The number of methoxy groups -OCH3 is 1. The molecule has 1 heteroatoms. The molecule has 4 rings (SSSR count). The van der Waals surface area contributed by atoms with Crippen LogP contribution in [0.25, 0.3) is 0 Å². The topological polar surface area (TPSA) is 9.23 Å². The molecule has 1 aromatic carbocycles. The highest BCUT2D eigenvalue weighted by atomic mass is 16.5. The van der Waals surface area contributed by atoms with Gasteiger partial charge in [0.2, 0.25) is 0 Å². The highest BCUT2D eigenvalue weighted by Crippen LogP contribution is 2.86. The third kappa shape index (κ3) is 0.816. The quantitative estimate of drug-likeness (QED) is 0.713. The number of hydrogen-bond acceptors (Lipinski definition) is 1. The third-order valence-corrected chi connectivity index (χ3v) is 5.00. The van der Waals surface area contributed by atoms with Gasteiger partial charge >= 0.3 is 0 Å². The Labute approximate surface area is 90.4 Å². The van der Waals surface area contributed by atoms with E-state index in [0.717, 1.165) is 23.5 Å². The lowest BCUT2D eigenvalue weighted by molar-refractivity contribution is 0.286. The predicted octanol–water partition coefficient (Wildman–Crippen LogP) is 2.99. The Kier molecular flexibility index (Phi) is 1.31. The van der Waals surface area contributed by atoms with E-state index in [1.807, 2.05) is 0 Å². The molecule has 15 heavy (non-hydrogen) atoms. The zero-order valence-electron chi connectivity index (χ0n) is 9.07. The maximum absolute atomic E-state index is 5.21. The first kappa shape index (κ1) is 8.20. The minimum Gasteiger partial charge on any atom is -0.497 e. The van der Waals surface area contributed by atoms with Gasteiger partial charge in [0, 0.05) is 5.41 Å². The molecule has 0 spiro atoms. The average Bonchev–Trinajstić information content (AvgIpc) is 3.20. The van der Waals surface area contributed by atoms with E-state index in [9.17, 15) is 0 Å². The first-order chi connectivity index (χ1) is 7.38. The summed E-state index contributed by atoms with van der Waals surface area (Å²) in [4.78, 5) is 0. The zero-order valence-corrected chi connectivity index (χ0v) is 9.07. The molecule has 3 aliphatic rings. The summed E-state index contributed by atoms with van der Waals surface area (Å²) < 4.78 is 5.21. The summed E-state index contributed by atoms with van der Waals surface area (Å²) >= 11 is 0. The molecular weight excluding hydrogens is 184 g/mol. The van der Waals surface area contributed by atoms with Gasteiger partial charge in [-0.2, -0.15) is 0 Å². The van der Waals surface area contributed by atoms with Crippen LogP contribution in [0, 0.1) is 17.8 Å². The molecule has 78 valence electrons. The summed E-state index contributed by atoms with van der Waals surface area (Å²) in [6, 6.07) is 8.80. The van der Waals surface area contributed by atoms with Crippen molar-refractivity contribution >= 4 is 0 Å². The van der Waals surface area contributed by atoms with Crippen molar-refractivity contribution in [2.75, 3.05) is 7.11 Å². The van der Waals surface area contributed by atoms with Crippen molar-refractivity contribution < 1.29 is 4.74 Å². The van der Waals surface area contributed by atoms with Crippen LogP contribution in [-0.4, -0.2) is 7.11 Å². The van der Waals surface area contributed by atoms with Gasteiger partial charge in [-0.15, -0.1) is 0 Å². The van der Waals surface area contributed by atoms with Crippen LogP contribution in [0.3, 0.4) is 0 Å². The van der Waals surface area contributed by atoms with Gasteiger partial charge in [0.1, 0.15) is 5.75 Å². The minimum atomic E-state index is 0.634. The van der Waals surface area contributed by atoms with E-state index in [0.29, 0.717) is 5.41 Å². The molecule has 0 N–H and O–H groups in total. The molecule has 3 saturated carbocycles. The molecule has 3 aliphatic carbocycles. The van der Waals surface area contributed by atoms with E-state index in [-0.39, 0.29) is 0 Å². The fourth-order valence-corrected chi connectivity index (χ4v) is 4.27. The summed E-state index contributed by atoms with van der Waals surface area (Å²) in [5.41, 5.74) is 2.21. The maximum Gasteiger partial charge on any atom is 0.118 e. The largest absolute Gasteiger partial charge is 0.497 e. The molecule has 2 unspecified atom stereocenters. The van der Waals surface area contributed by atoms with Crippen molar-refractivity contribution in [1.82, 2.24) is 0 Å². The summed E-state index contributed by atoms with van der Waals surface area (Å²) in [5, 5.41) is 0. The van der Waals surface area contributed by atoms with E-state index in [1.165, 1.54) is 19.3 Å². The number of benzene rings is 1. The number of rotatable bonds is 2. The van der Waals surface area contributed by atoms with Gasteiger partial charge in [-0.3, -0.25) is 0 Å². The van der Waals surface area contributed by atoms with Gasteiger partial charge in [0.05, 0.1) is 7.11 Å². The van der Waals surface area contributed by atoms with E-state index in [1.54, 1.807) is 12.7 Å². The zero-order chi connectivity index (χ0) is 10.0. The first-order valence-corrected chi connectivity index (χ1v) is 6.02. The Hall–Kier alpha value is -0.980. The molecule has 0 amide bonds. The van der Waals surface area contributed by atoms with Gasteiger partial charge in [-0.05, 0) is 48.3 Å². The van der Waals surface area contributed by atoms with E-state index in [2.05, 4.69) is 24.3 Å². The summed E-state index contributed by atoms with van der Waals surface area (Å²) in [7, 11) is 1.73.